The van der Waals surface area contributed by atoms with Crippen LogP contribution in [0.4, 0.5) is 11.4 Å². The molecule has 0 radical (unpaired) electrons. The monoisotopic (exact) mass is 249 g/mol. The molecular formula is C15H27N3. The summed E-state index contributed by atoms with van der Waals surface area (Å²) in [6.07, 6.45) is 0. The second-order valence-electron chi connectivity index (χ2n) is 5.44. The van der Waals surface area contributed by atoms with E-state index in [9.17, 15) is 0 Å². The molecule has 0 saturated heterocycles. The molecule has 0 spiro atoms. The Kier molecular flexibility index (Phi) is 5.48. The molecule has 0 aliphatic rings. The van der Waals surface area contributed by atoms with E-state index in [0.717, 1.165) is 24.5 Å². The van der Waals surface area contributed by atoms with Crippen molar-refractivity contribution in [2.24, 2.45) is 0 Å². The van der Waals surface area contributed by atoms with Crippen LogP contribution in [0.3, 0.4) is 0 Å². The van der Waals surface area contributed by atoms with Crippen molar-refractivity contribution in [2.75, 3.05) is 24.1 Å². The molecule has 0 fully saturated rings. The van der Waals surface area contributed by atoms with Crippen molar-refractivity contribution in [3.63, 3.8) is 0 Å². The molecule has 1 rings (SSSR count). The van der Waals surface area contributed by atoms with Crippen LogP contribution < -0.4 is 11.1 Å². The molecule has 0 atom stereocenters. The predicted molar refractivity (Wildman–Crippen MR) is 81.1 cm³/mol. The van der Waals surface area contributed by atoms with Crippen molar-refractivity contribution >= 4 is 11.4 Å². The first-order chi connectivity index (χ1) is 8.41. The van der Waals surface area contributed by atoms with Gasteiger partial charge >= 0.3 is 0 Å². The van der Waals surface area contributed by atoms with Gasteiger partial charge in [0.1, 0.15) is 0 Å². The van der Waals surface area contributed by atoms with E-state index in [4.69, 9.17) is 5.73 Å². The van der Waals surface area contributed by atoms with Gasteiger partial charge < -0.3 is 11.1 Å². The van der Waals surface area contributed by atoms with E-state index in [1.165, 1.54) is 5.56 Å². The largest absolute Gasteiger partial charge is 0.397 e. The van der Waals surface area contributed by atoms with Crippen molar-refractivity contribution < 1.29 is 0 Å². The molecule has 1 aromatic rings. The van der Waals surface area contributed by atoms with Gasteiger partial charge in [-0.3, -0.25) is 4.90 Å². The lowest BCUT2D eigenvalue weighted by atomic mass is 10.2. The number of nitrogens with two attached hydrogens (primary N) is 1. The molecule has 0 amide bonds. The molecule has 0 heterocycles. The van der Waals surface area contributed by atoms with Crippen molar-refractivity contribution in [1.82, 2.24) is 4.90 Å². The Morgan fingerprint density at radius 2 is 1.78 bits per heavy atom. The van der Waals surface area contributed by atoms with Gasteiger partial charge in [0.05, 0.1) is 11.4 Å². The minimum Gasteiger partial charge on any atom is -0.397 e. The summed E-state index contributed by atoms with van der Waals surface area (Å²) in [6.45, 7) is 13.0. The SMILES string of the molecule is Cc1ccc(NCCN(C(C)C)C(C)C)c(N)c1. The molecule has 3 heteroatoms. The average molecular weight is 249 g/mol. The summed E-state index contributed by atoms with van der Waals surface area (Å²) >= 11 is 0. The maximum Gasteiger partial charge on any atom is 0.0574 e. The number of nitrogens with one attached hydrogen (secondary N) is 1. The number of hydrogen-bond acceptors (Lipinski definition) is 3. The summed E-state index contributed by atoms with van der Waals surface area (Å²) in [5.41, 5.74) is 9.04. The molecule has 0 aliphatic carbocycles. The molecule has 1 aromatic carbocycles. The van der Waals surface area contributed by atoms with E-state index in [1.54, 1.807) is 0 Å². The van der Waals surface area contributed by atoms with Crippen LogP contribution in [-0.2, 0) is 0 Å². The van der Waals surface area contributed by atoms with Crippen LogP contribution in [0.25, 0.3) is 0 Å². The highest BCUT2D eigenvalue weighted by Gasteiger charge is 2.12. The van der Waals surface area contributed by atoms with E-state index in [1.807, 2.05) is 6.07 Å². The Labute approximate surface area is 111 Å². The summed E-state index contributed by atoms with van der Waals surface area (Å²) in [5.74, 6) is 0. The number of rotatable bonds is 6. The Morgan fingerprint density at radius 3 is 2.28 bits per heavy atom. The van der Waals surface area contributed by atoms with Crippen LogP contribution in [0, 0.1) is 6.92 Å². The van der Waals surface area contributed by atoms with E-state index in [2.05, 4.69) is 57.0 Å². The van der Waals surface area contributed by atoms with Gasteiger partial charge in [-0.05, 0) is 52.3 Å². The number of nitrogens with zero attached hydrogens (tertiary/aromatic N) is 1. The number of hydrogen-bond donors (Lipinski definition) is 2. The van der Waals surface area contributed by atoms with Gasteiger partial charge in [-0.25, -0.2) is 0 Å². The van der Waals surface area contributed by atoms with Crippen molar-refractivity contribution in [1.29, 1.82) is 0 Å². The first kappa shape index (κ1) is 14.8. The van der Waals surface area contributed by atoms with E-state index >= 15 is 0 Å². The van der Waals surface area contributed by atoms with Gasteiger partial charge in [0.2, 0.25) is 0 Å². The van der Waals surface area contributed by atoms with Crippen molar-refractivity contribution in [2.45, 2.75) is 46.7 Å². The number of benzene rings is 1. The summed E-state index contributed by atoms with van der Waals surface area (Å²) in [6, 6.07) is 7.29. The average Bonchev–Trinajstić information content (AvgIpc) is 2.25. The van der Waals surface area contributed by atoms with Crippen molar-refractivity contribution in [3.05, 3.63) is 23.8 Å². The van der Waals surface area contributed by atoms with Crippen LogP contribution in [0.2, 0.25) is 0 Å². The second-order valence-corrected chi connectivity index (χ2v) is 5.44. The molecule has 102 valence electrons. The zero-order valence-corrected chi connectivity index (χ0v) is 12.3. The van der Waals surface area contributed by atoms with Crippen LogP contribution in [-0.4, -0.2) is 30.1 Å². The van der Waals surface area contributed by atoms with Crippen LogP contribution in [0.15, 0.2) is 18.2 Å². The Hall–Kier alpha value is -1.22. The highest BCUT2D eigenvalue weighted by atomic mass is 15.2. The molecule has 3 nitrogen and oxygen atoms in total. The lowest BCUT2D eigenvalue weighted by molar-refractivity contribution is 0.182. The van der Waals surface area contributed by atoms with Crippen molar-refractivity contribution in [3.8, 4) is 0 Å². The lowest BCUT2D eigenvalue weighted by Crippen LogP contribution is -2.40. The van der Waals surface area contributed by atoms with E-state index in [0.29, 0.717) is 12.1 Å². The van der Waals surface area contributed by atoms with Gasteiger partial charge in [0.15, 0.2) is 0 Å². The van der Waals surface area contributed by atoms with Gasteiger partial charge in [0.25, 0.3) is 0 Å². The van der Waals surface area contributed by atoms with Crippen LogP contribution in [0.5, 0.6) is 0 Å². The fourth-order valence-electron chi connectivity index (χ4n) is 2.28. The second kappa shape index (κ2) is 6.64. The minimum absolute atomic E-state index is 0.571. The highest BCUT2D eigenvalue weighted by Crippen LogP contribution is 2.19. The van der Waals surface area contributed by atoms with Gasteiger partial charge in [-0.1, -0.05) is 6.07 Å². The third-order valence-electron chi connectivity index (χ3n) is 3.22. The minimum atomic E-state index is 0.571. The van der Waals surface area contributed by atoms with Crippen LogP contribution >= 0.6 is 0 Å². The first-order valence-corrected chi connectivity index (χ1v) is 6.77. The smallest absolute Gasteiger partial charge is 0.0574 e. The summed E-state index contributed by atoms with van der Waals surface area (Å²) in [5, 5.41) is 3.41. The molecule has 0 bridgehead atoms. The standard InChI is InChI=1S/C15H27N3/c1-11(2)18(12(3)4)9-8-17-15-7-6-13(5)10-14(15)16/h6-7,10-12,17H,8-9,16H2,1-5H3. The molecule has 0 aromatic heterocycles. The normalized spacial score (nSPS) is 11.6. The maximum absolute atomic E-state index is 5.98. The summed E-state index contributed by atoms with van der Waals surface area (Å²) in [7, 11) is 0. The molecular weight excluding hydrogens is 222 g/mol. The summed E-state index contributed by atoms with van der Waals surface area (Å²) < 4.78 is 0. The van der Waals surface area contributed by atoms with E-state index < -0.39 is 0 Å². The number of anilines is 2. The Bertz CT molecular complexity index is 364. The molecule has 3 N–H and O–H groups in total. The quantitative estimate of drug-likeness (QED) is 0.761. The van der Waals surface area contributed by atoms with Gasteiger partial charge in [-0.2, -0.15) is 0 Å². The predicted octanol–water partition coefficient (Wildman–Crippen LogP) is 3.11. The van der Waals surface area contributed by atoms with Gasteiger partial charge in [-0.15, -0.1) is 0 Å². The molecule has 0 saturated carbocycles. The zero-order chi connectivity index (χ0) is 13.7. The Morgan fingerprint density at radius 1 is 1.17 bits per heavy atom. The Balaban J connectivity index is 2.50. The molecule has 0 unspecified atom stereocenters. The summed E-state index contributed by atoms with van der Waals surface area (Å²) in [4.78, 5) is 2.47. The molecule has 0 aliphatic heterocycles. The number of nitrogen functional groups attached to an aromatic ring is 1. The third-order valence-corrected chi connectivity index (χ3v) is 3.22. The maximum atomic E-state index is 5.98. The van der Waals surface area contributed by atoms with Crippen LogP contribution in [0.1, 0.15) is 33.3 Å². The van der Waals surface area contributed by atoms with E-state index in [-0.39, 0.29) is 0 Å². The lowest BCUT2D eigenvalue weighted by Gasteiger charge is -2.30. The highest BCUT2D eigenvalue weighted by molar-refractivity contribution is 5.66. The zero-order valence-electron chi connectivity index (χ0n) is 12.3. The fourth-order valence-corrected chi connectivity index (χ4v) is 2.28. The third kappa shape index (κ3) is 4.22. The first-order valence-electron chi connectivity index (χ1n) is 6.77. The fraction of sp³-hybridized carbons (Fsp3) is 0.600. The number of aryl methyl sites for hydroxylation is 1. The van der Waals surface area contributed by atoms with Gasteiger partial charge in [0, 0.05) is 25.2 Å². The topological polar surface area (TPSA) is 41.3 Å². The molecule has 18 heavy (non-hydrogen) atoms.